The van der Waals surface area contributed by atoms with Gasteiger partial charge in [-0.15, -0.1) is 0 Å². The SMILES string of the molecule is CCCNC(CN(C)C)c1ccc(C)nc1. The number of nitrogens with one attached hydrogen (secondary N) is 1. The first kappa shape index (κ1) is 13.1. The van der Waals surface area contributed by atoms with Gasteiger partial charge in [-0.1, -0.05) is 13.0 Å². The fraction of sp³-hybridized carbons (Fsp3) is 0.615. The van der Waals surface area contributed by atoms with E-state index < -0.39 is 0 Å². The molecule has 0 amide bonds. The summed E-state index contributed by atoms with van der Waals surface area (Å²) in [6.45, 7) is 6.26. The second-order valence-electron chi connectivity index (χ2n) is 4.50. The maximum atomic E-state index is 4.36. The molecular weight excluding hydrogens is 198 g/mol. The van der Waals surface area contributed by atoms with Crippen molar-refractivity contribution in [3.63, 3.8) is 0 Å². The molecule has 0 aliphatic heterocycles. The third kappa shape index (κ3) is 4.29. The van der Waals surface area contributed by atoms with Gasteiger partial charge in [0.2, 0.25) is 0 Å². The molecule has 0 fully saturated rings. The monoisotopic (exact) mass is 221 g/mol. The molecule has 1 aromatic heterocycles. The highest BCUT2D eigenvalue weighted by Gasteiger charge is 2.11. The Kier molecular flexibility index (Phi) is 5.43. The van der Waals surface area contributed by atoms with Crippen LogP contribution in [-0.2, 0) is 0 Å². The van der Waals surface area contributed by atoms with Crippen molar-refractivity contribution in [2.24, 2.45) is 0 Å². The molecule has 1 aromatic rings. The third-order valence-electron chi connectivity index (χ3n) is 2.53. The Bertz CT molecular complexity index is 293. The standard InChI is InChI=1S/C13H23N3/c1-5-8-14-13(10-16(3)4)12-7-6-11(2)15-9-12/h6-7,9,13-14H,5,8,10H2,1-4H3. The number of aryl methyl sites for hydroxylation is 1. The highest BCUT2D eigenvalue weighted by molar-refractivity contribution is 5.17. The van der Waals surface area contributed by atoms with Crippen molar-refractivity contribution in [1.82, 2.24) is 15.2 Å². The number of nitrogens with zero attached hydrogens (tertiary/aromatic N) is 2. The van der Waals surface area contributed by atoms with Crippen LogP contribution in [0.5, 0.6) is 0 Å². The molecule has 0 spiro atoms. The zero-order chi connectivity index (χ0) is 12.0. The fourth-order valence-electron chi connectivity index (χ4n) is 1.66. The van der Waals surface area contributed by atoms with Gasteiger partial charge in [-0.05, 0) is 45.6 Å². The Hall–Kier alpha value is -0.930. The highest BCUT2D eigenvalue weighted by atomic mass is 15.1. The van der Waals surface area contributed by atoms with Crippen LogP contribution in [0.1, 0.15) is 30.6 Å². The van der Waals surface area contributed by atoms with Crippen molar-refractivity contribution in [2.45, 2.75) is 26.3 Å². The molecule has 16 heavy (non-hydrogen) atoms. The van der Waals surface area contributed by atoms with Crippen molar-refractivity contribution in [3.8, 4) is 0 Å². The summed E-state index contributed by atoms with van der Waals surface area (Å²) in [6.07, 6.45) is 3.13. The van der Waals surface area contributed by atoms with Gasteiger partial charge in [0.15, 0.2) is 0 Å². The van der Waals surface area contributed by atoms with Gasteiger partial charge >= 0.3 is 0 Å². The molecule has 0 radical (unpaired) electrons. The van der Waals surface area contributed by atoms with Crippen molar-refractivity contribution in [1.29, 1.82) is 0 Å². The van der Waals surface area contributed by atoms with Crippen LogP contribution in [0.4, 0.5) is 0 Å². The van der Waals surface area contributed by atoms with E-state index in [4.69, 9.17) is 0 Å². The zero-order valence-corrected chi connectivity index (χ0v) is 10.8. The topological polar surface area (TPSA) is 28.2 Å². The predicted molar refractivity (Wildman–Crippen MR) is 68.6 cm³/mol. The van der Waals surface area contributed by atoms with E-state index in [1.165, 1.54) is 5.56 Å². The smallest absolute Gasteiger partial charge is 0.0464 e. The second-order valence-corrected chi connectivity index (χ2v) is 4.50. The van der Waals surface area contributed by atoms with Crippen LogP contribution >= 0.6 is 0 Å². The number of hydrogen-bond acceptors (Lipinski definition) is 3. The van der Waals surface area contributed by atoms with Crippen LogP contribution in [0.2, 0.25) is 0 Å². The molecule has 0 bridgehead atoms. The summed E-state index contributed by atoms with van der Waals surface area (Å²) in [7, 11) is 4.20. The van der Waals surface area contributed by atoms with Crippen molar-refractivity contribution in [3.05, 3.63) is 29.6 Å². The van der Waals surface area contributed by atoms with Crippen molar-refractivity contribution >= 4 is 0 Å². The Labute approximate surface area is 98.9 Å². The van der Waals surface area contributed by atoms with Crippen LogP contribution in [0.3, 0.4) is 0 Å². The first-order valence-corrected chi connectivity index (χ1v) is 5.94. The van der Waals surface area contributed by atoms with Gasteiger partial charge in [-0.2, -0.15) is 0 Å². The lowest BCUT2D eigenvalue weighted by atomic mass is 10.1. The molecule has 3 heteroatoms. The van der Waals surface area contributed by atoms with Crippen LogP contribution in [0.15, 0.2) is 18.3 Å². The summed E-state index contributed by atoms with van der Waals surface area (Å²) in [5.41, 5.74) is 2.34. The van der Waals surface area contributed by atoms with Crippen molar-refractivity contribution in [2.75, 3.05) is 27.2 Å². The van der Waals surface area contributed by atoms with E-state index >= 15 is 0 Å². The maximum absolute atomic E-state index is 4.36. The summed E-state index contributed by atoms with van der Waals surface area (Å²) in [5, 5.41) is 3.55. The minimum Gasteiger partial charge on any atom is -0.309 e. The van der Waals surface area contributed by atoms with Crippen LogP contribution in [0.25, 0.3) is 0 Å². The molecule has 1 rings (SSSR count). The highest BCUT2D eigenvalue weighted by Crippen LogP contribution is 2.12. The van der Waals surface area contributed by atoms with Gasteiger partial charge in [0.05, 0.1) is 0 Å². The van der Waals surface area contributed by atoms with Gasteiger partial charge in [0, 0.05) is 24.5 Å². The maximum Gasteiger partial charge on any atom is 0.0464 e. The zero-order valence-electron chi connectivity index (χ0n) is 10.8. The summed E-state index contributed by atoms with van der Waals surface area (Å²) in [4.78, 5) is 6.56. The molecule has 0 aromatic carbocycles. The van der Waals surface area contributed by atoms with Gasteiger partial charge in [0.25, 0.3) is 0 Å². The van der Waals surface area contributed by atoms with Crippen LogP contribution in [-0.4, -0.2) is 37.1 Å². The fourth-order valence-corrected chi connectivity index (χ4v) is 1.66. The number of likely N-dealkylation sites (N-methyl/N-ethyl adjacent to an activating group) is 1. The average Bonchev–Trinajstić information content (AvgIpc) is 2.25. The summed E-state index contributed by atoms with van der Waals surface area (Å²) < 4.78 is 0. The molecule has 3 nitrogen and oxygen atoms in total. The van der Waals surface area contributed by atoms with E-state index in [2.05, 4.69) is 48.4 Å². The molecule has 0 saturated carbocycles. The predicted octanol–water partition coefficient (Wildman–Crippen LogP) is 1.99. The molecule has 0 saturated heterocycles. The lowest BCUT2D eigenvalue weighted by molar-refractivity contribution is 0.341. The van der Waals surface area contributed by atoms with E-state index in [-0.39, 0.29) is 0 Å². The molecule has 1 atom stereocenters. The molecular formula is C13H23N3. The Morgan fingerprint density at radius 2 is 2.12 bits per heavy atom. The lowest BCUT2D eigenvalue weighted by Crippen LogP contribution is -2.31. The third-order valence-corrected chi connectivity index (χ3v) is 2.53. The number of hydrogen-bond donors (Lipinski definition) is 1. The van der Waals surface area contributed by atoms with Gasteiger partial charge in [-0.25, -0.2) is 0 Å². The second kappa shape index (κ2) is 6.61. The molecule has 0 aliphatic carbocycles. The first-order chi connectivity index (χ1) is 7.63. The minimum absolute atomic E-state index is 0.378. The Morgan fingerprint density at radius 3 is 2.62 bits per heavy atom. The number of rotatable bonds is 6. The van der Waals surface area contributed by atoms with E-state index in [9.17, 15) is 0 Å². The van der Waals surface area contributed by atoms with Gasteiger partial charge in [0.1, 0.15) is 0 Å². The Morgan fingerprint density at radius 1 is 1.38 bits per heavy atom. The largest absolute Gasteiger partial charge is 0.309 e. The van der Waals surface area contributed by atoms with E-state index in [0.29, 0.717) is 6.04 Å². The van der Waals surface area contributed by atoms with Crippen LogP contribution in [0, 0.1) is 6.92 Å². The molecule has 1 N–H and O–H groups in total. The molecule has 1 unspecified atom stereocenters. The van der Waals surface area contributed by atoms with E-state index in [0.717, 1.165) is 25.2 Å². The normalized spacial score (nSPS) is 13.1. The lowest BCUT2D eigenvalue weighted by Gasteiger charge is -2.22. The summed E-state index contributed by atoms with van der Waals surface area (Å²) in [6, 6.07) is 4.62. The molecule has 90 valence electrons. The molecule has 0 aliphatic rings. The van der Waals surface area contributed by atoms with Crippen LogP contribution < -0.4 is 5.32 Å². The Balaban J connectivity index is 2.70. The number of aromatic nitrogens is 1. The molecule has 1 heterocycles. The summed E-state index contributed by atoms with van der Waals surface area (Å²) >= 11 is 0. The number of pyridine rings is 1. The van der Waals surface area contributed by atoms with Crippen molar-refractivity contribution < 1.29 is 0 Å². The van der Waals surface area contributed by atoms with E-state index in [1.807, 2.05) is 13.1 Å². The first-order valence-electron chi connectivity index (χ1n) is 5.94. The van der Waals surface area contributed by atoms with Gasteiger partial charge < -0.3 is 10.2 Å². The minimum atomic E-state index is 0.378. The average molecular weight is 221 g/mol. The summed E-state index contributed by atoms with van der Waals surface area (Å²) in [5.74, 6) is 0. The van der Waals surface area contributed by atoms with Gasteiger partial charge in [-0.3, -0.25) is 4.98 Å². The quantitative estimate of drug-likeness (QED) is 0.796. The van der Waals surface area contributed by atoms with E-state index in [1.54, 1.807) is 0 Å².